The van der Waals surface area contributed by atoms with Crippen LogP contribution in [0.4, 0.5) is 5.69 Å². The average Bonchev–Trinajstić information content (AvgIpc) is 2.68. The van der Waals surface area contributed by atoms with Crippen molar-refractivity contribution in [3.63, 3.8) is 0 Å². The molecule has 144 valence electrons. The fourth-order valence-corrected chi connectivity index (χ4v) is 3.31. The maximum Gasteiger partial charge on any atom is 0.260 e. The van der Waals surface area contributed by atoms with E-state index < -0.39 is 0 Å². The molecule has 1 saturated heterocycles. The van der Waals surface area contributed by atoms with Crippen LogP contribution in [0.3, 0.4) is 0 Å². The summed E-state index contributed by atoms with van der Waals surface area (Å²) in [6.45, 7) is 7.88. The average molecular weight is 368 g/mol. The predicted molar refractivity (Wildman–Crippen MR) is 107 cm³/mol. The first-order chi connectivity index (χ1) is 13.0. The molecule has 2 aromatic carbocycles. The third-order valence-corrected chi connectivity index (χ3v) is 4.86. The van der Waals surface area contributed by atoms with Gasteiger partial charge in [-0.1, -0.05) is 35.9 Å². The first-order valence-electron chi connectivity index (χ1n) is 9.39. The van der Waals surface area contributed by atoms with E-state index in [-0.39, 0.29) is 12.5 Å². The summed E-state index contributed by atoms with van der Waals surface area (Å²) in [7, 11) is 1.82. The highest BCUT2D eigenvalue weighted by molar-refractivity contribution is 5.77. The molecule has 0 atom stereocenters. The Bertz CT molecular complexity index is 785. The zero-order valence-electron chi connectivity index (χ0n) is 16.4. The highest BCUT2D eigenvalue weighted by Crippen LogP contribution is 2.23. The zero-order valence-corrected chi connectivity index (χ0v) is 16.4. The van der Waals surface area contributed by atoms with Gasteiger partial charge in [0, 0.05) is 32.4 Å². The van der Waals surface area contributed by atoms with E-state index in [0.717, 1.165) is 43.2 Å². The van der Waals surface area contributed by atoms with Crippen LogP contribution < -0.4 is 9.64 Å². The minimum Gasteiger partial charge on any atom is -0.484 e. The smallest absolute Gasteiger partial charge is 0.260 e. The number of para-hydroxylation sites is 1. The number of nitrogens with zero attached hydrogens (tertiary/aromatic N) is 2. The number of likely N-dealkylation sites (N-methyl/N-ethyl adjacent to an activating group) is 1. The summed E-state index contributed by atoms with van der Waals surface area (Å²) in [6.07, 6.45) is 0. The SMILES string of the molecule is Cc1ccc(OCC(=O)N(C)Cc2ccccc2N2CCOCC2)c(C)c1. The third kappa shape index (κ3) is 5.01. The number of benzene rings is 2. The second-order valence-electron chi connectivity index (χ2n) is 7.04. The Kier molecular flexibility index (Phi) is 6.35. The van der Waals surface area contributed by atoms with E-state index in [0.29, 0.717) is 6.54 Å². The number of carbonyl (C=O) groups excluding carboxylic acids is 1. The van der Waals surface area contributed by atoms with Gasteiger partial charge in [0.25, 0.3) is 5.91 Å². The van der Waals surface area contributed by atoms with Crippen LogP contribution >= 0.6 is 0 Å². The summed E-state index contributed by atoms with van der Waals surface area (Å²) in [5.41, 5.74) is 4.55. The molecular formula is C22H28N2O3. The van der Waals surface area contributed by atoms with Crippen molar-refractivity contribution in [1.82, 2.24) is 4.90 Å². The molecule has 0 spiro atoms. The number of aryl methyl sites for hydroxylation is 2. The fourth-order valence-electron chi connectivity index (χ4n) is 3.31. The standard InChI is InChI=1S/C22H28N2O3/c1-17-8-9-21(18(2)14-17)27-16-22(25)23(3)15-19-6-4-5-7-20(19)24-10-12-26-13-11-24/h4-9,14H,10-13,15-16H2,1-3H3. The lowest BCUT2D eigenvalue weighted by molar-refractivity contribution is -0.132. The number of hydrogen-bond acceptors (Lipinski definition) is 4. The topological polar surface area (TPSA) is 42.0 Å². The molecule has 0 aliphatic carbocycles. The number of rotatable bonds is 6. The molecule has 1 heterocycles. The van der Waals surface area contributed by atoms with Crippen molar-refractivity contribution >= 4 is 11.6 Å². The molecule has 0 N–H and O–H groups in total. The van der Waals surface area contributed by atoms with Crippen molar-refractivity contribution in [3.05, 3.63) is 59.2 Å². The van der Waals surface area contributed by atoms with E-state index in [4.69, 9.17) is 9.47 Å². The first kappa shape index (κ1) is 19.2. The lowest BCUT2D eigenvalue weighted by atomic mass is 10.1. The third-order valence-electron chi connectivity index (χ3n) is 4.86. The molecule has 5 heteroatoms. The summed E-state index contributed by atoms with van der Waals surface area (Å²) in [5.74, 6) is 0.725. The maximum atomic E-state index is 12.6. The number of ether oxygens (including phenoxy) is 2. The first-order valence-corrected chi connectivity index (χ1v) is 9.39. The molecule has 1 aliphatic rings. The Labute approximate surface area is 161 Å². The van der Waals surface area contributed by atoms with Crippen LogP contribution in [0.2, 0.25) is 0 Å². The normalized spacial score (nSPS) is 14.1. The van der Waals surface area contributed by atoms with Crippen molar-refractivity contribution in [2.24, 2.45) is 0 Å². The molecule has 3 rings (SSSR count). The molecule has 0 aromatic heterocycles. The molecule has 2 aromatic rings. The Morgan fingerprint density at radius 2 is 1.89 bits per heavy atom. The van der Waals surface area contributed by atoms with Gasteiger partial charge in [0.1, 0.15) is 5.75 Å². The molecule has 0 unspecified atom stereocenters. The van der Waals surface area contributed by atoms with Crippen LogP contribution in [0, 0.1) is 13.8 Å². The van der Waals surface area contributed by atoms with E-state index in [1.807, 2.05) is 45.2 Å². The molecule has 0 radical (unpaired) electrons. The quantitative estimate of drug-likeness (QED) is 0.785. The number of morpholine rings is 1. The van der Waals surface area contributed by atoms with Crippen molar-refractivity contribution < 1.29 is 14.3 Å². The maximum absolute atomic E-state index is 12.6. The molecule has 5 nitrogen and oxygen atoms in total. The monoisotopic (exact) mass is 368 g/mol. The second-order valence-corrected chi connectivity index (χ2v) is 7.04. The number of hydrogen-bond donors (Lipinski definition) is 0. The van der Waals surface area contributed by atoms with Crippen LogP contribution in [0.15, 0.2) is 42.5 Å². The Hall–Kier alpha value is -2.53. The molecule has 0 bridgehead atoms. The molecule has 27 heavy (non-hydrogen) atoms. The van der Waals surface area contributed by atoms with Gasteiger partial charge >= 0.3 is 0 Å². The molecule has 1 amide bonds. The van der Waals surface area contributed by atoms with E-state index in [1.54, 1.807) is 4.90 Å². The molecular weight excluding hydrogens is 340 g/mol. The van der Waals surface area contributed by atoms with Crippen LogP contribution in [0.1, 0.15) is 16.7 Å². The van der Waals surface area contributed by atoms with Gasteiger partial charge in [-0.3, -0.25) is 4.79 Å². The van der Waals surface area contributed by atoms with Gasteiger partial charge in [0.15, 0.2) is 6.61 Å². The van der Waals surface area contributed by atoms with Crippen LogP contribution in [-0.2, 0) is 16.1 Å². The van der Waals surface area contributed by atoms with Crippen molar-refractivity contribution in [2.75, 3.05) is 44.9 Å². The van der Waals surface area contributed by atoms with E-state index in [9.17, 15) is 4.79 Å². The van der Waals surface area contributed by atoms with E-state index in [1.165, 1.54) is 11.3 Å². The summed E-state index contributed by atoms with van der Waals surface area (Å²) in [4.78, 5) is 16.6. The summed E-state index contributed by atoms with van der Waals surface area (Å²) in [6, 6.07) is 14.2. The zero-order chi connectivity index (χ0) is 19.2. The minimum atomic E-state index is -0.0354. The van der Waals surface area contributed by atoms with Crippen molar-refractivity contribution in [2.45, 2.75) is 20.4 Å². The molecule has 1 aliphatic heterocycles. The fraction of sp³-hybridized carbons (Fsp3) is 0.409. The lowest BCUT2D eigenvalue weighted by Gasteiger charge is -2.31. The van der Waals surface area contributed by atoms with Gasteiger partial charge < -0.3 is 19.3 Å². The lowest BCUT2D eigenvalue weighted by Crippen LogP contribution is -2.37. The summed E-state index contributed by atoms with van der Waals surface area (Å²) < 4.78 is 11.2. The highest BCUT2D eigenvalue weighted by Gasteiger charge is 2.17. The van der Waals surface area contributed by atoms with Crippen molar-refractivity contribution in [3.8, 4) is 5.75 Å². The summed E-state index contributed by atoms with van der Waals surface area (Å²) in [5, 5.41) is 0. The van der Waals surface area contributed by atoms with Gasteiger partial charge in [-0.2, -0.15) is 0 Å². The molecule has 0 saturated carbocycles. The summed E-state index contributed by atoms with van der Waals surface area (Å²) >= 11 is 0. The van der Waals surface area contributed by atoms with E-state index >= 15 is 0 Å². The van der Waals surface area contributed by atoms with Crippen molar-refractivity contribution in [1.29, 1.82) is 0 Å². The Balaban J connectivity index is 1.61. The van der Waals surface area contributed by atoms with Gasteiger partial charge in [-0.25, -0.2) is 0 Å². The van der Waals surface area contributed by atoms with Crippen LogP contribution in [-0.4, -0.2) is 50.8 Å². The Morgan fingerprint density at radius 1 is 1.15 bits per heavy atom. The number of carbonyl (C=O) groups is 1. The Morgan fingerprint density at radius 3 is 2.63 bits per heavy atom. The largest absolute Gasteiger partial charge is 0.484 e. The van der Waals surface area contributed by atoms with E-state index in [2.05, 4.69) is 23.1 Å². The van der Waals surface area contributed by atoms with Crippen LogP contribution in [0.5, 0.6) is 5.75 Å². The van der Waals surface area contributed by atoms with Gasteiger partial charge in [0.05, 0.1) is 13.2 Å². The van der Waals surface area contributed by atoms with Gasteiger partial charge in [-0.05, 0) is 37.1 Å². The van der Waals surface area contributed by atoms with Gasteiger partial charge in [0.2, 0.25) is 0 Å². The molecule has 1 fully saturated rings. The number of anilines is 1. The van der Waals surface area contributed by atoms with Crippen LogP contribution in [0.25, 0.3) is 0 Å². The predicted octanol–water partition coefficient (Wildman–Crippen LogP) is 3.18. The number of amides is 1. The minimum absolute atomic E-state index is 0.0354. The highest BCUT2D eigenvalue weighted by atomic mass is 16.5. The second kappa shape index (κ2) is 8.91. The van der Waals surface area contributed by atoms with Gasteiger partial charge in [-0.15, -0.1) is 0 Å².